The summed E-state index contributed by atoms with van der Waals surface area (Å²) in [5.41, 5.74) is 0. The van der Waals surface area contributed by atoms with E-state index in [1.54, 1.807) is 11.8 Å². The standard InChI is InChI=1S/C13H25N3O3S/c1-4-14-6-5-7-15-13(19)16-10(12(17)18)8-20-11(16)9(2)3/h9-11,14H,4-8H2,1-3H3,(H,15,19)(H,17,18). The third-order valence-electron chi connectivity index (χ3n) is 3.18. The Morgan fingerprint density at radius 3 is 2.65 bits per heavy atom. The molecule has 116 valence electrons. The molecule has 0 aromatic heterocycles. The number of carbonyl (C=O) groups excluding carboxylic acids is 1. The topological polar surface area (TPSA) is 81.7 Å². The molecule has 1 saturated heterocycles. The molecule has 1 aliphatic heterocycles. The largest absolute Gasteiger partial charge is 0.480 e. The maximum atomic E-state index is 12.2. The molecule has 0 radical (unpaired) electrons. The van der Waals surface area contributed by atoms with Crippen molar-refractivity contribution in [3.05, 3.63) is 0 Å². The van der Waals surface area contributed by atoms with Crippen LogP contribution >= 0.6 is 11.8 Å². The number of hydrogen-bond donors (Lipinski definition) is 3. The third kappa shape index (κ3) is 4.56. The van der Waals surface area contributed by atoms with Gasteiger partial charge in [-0.3, -0.25) is 4.90 Å². The normalized spacial score (nSPS) is 22.3. The van der Waals surface area contributed by atoms with Gasteiger partial charge in [-0.1, -0.05) is 20.8 Å². The summed E-state index contributed by atoms with van der Waals surface area (Å²) < 4.78 is 0. The van der Waals surface area contributed by atoms with E-state index in [1.807, 2.05) is 20.8 Å². The van der Waals surface area contributed by atoms with Crippen LogP contribution in [0.25, 0.3) is 0 Å². The fourth-order valence-corrected chi connectivity index (χ4v) is 3.64. The Kier molecular flexibility index (Phi) is 7.15. The van der Waals surface area contributed by atoms with Gasteiger partial charge in [0.25, 0.3) is 0 Å². The van der Waals surface area contributed by atoms with Crippen LogP contribution < -0.4 is 10.6 Å². The molecule has 1 rings (SSSR count). The Morgan fingerprint density at radius 2 is 2.10 bits per heavy atom. The smallest absolute Gasteiger partial charge is 0.327 e. The van der Waals surface area contributed by atoms with E-state index in [1.165, 1.54) is 4.90 Å². The first-order valence-corrected chi connectivity index (χ1v) is 8.15. The van der Waals surface area contributed by atoms with E-state index in [4.69, 9.17) is 0 Å². The molecule has 1 fully saturated rings. The monoisotopic (exact) mass is 303 g/mol. The number of hydrogen-bond acceptors (Lipinski definition) is 4. The highest BCUT2D eigenvalue weighted by atomic mass is 32.2. The van der Waals surface area contributed by atoms with Crippen LogP contribution in [-0.4, -0.2) is 58.8 Å². The second-order valence-corrected chi connectivity index (χ2v) is 6.32. The van der Waals surface area contributed by atoms with E-state index in [2.05, 4.69) is 10.6 Å². The fraction of sp³-hybridized carbons (Fsp3) is 0.846. The molecule has 0 aromatic rings. The van der Waals surface area contributed by atoms with E-state index < -0.39 is 12.0 Å². The van der Waals surface area contributed by atoms with Crippen molar-refractivity contribution < 1.29 is 14.7 Å². The summed E-state index contributed by atoms with van der Waals surface area (Å²) in [5, 5.41) is 15.2. The van der Waals surface area contributed by atoms with Crippen molar-refractivity contribution in [3.8, 4) is 0 Å². The molecule has 20 heavy (non-hydrogen) atoms. The third-order valence-corrected chi connectivity index (χ3v) is 4.80. The average Bonchev–Trinajstić information content (AvgIpc) is 2.83. The molecule has 0 aromatic carbocycles. The first kappa shape index (κ1) is 17.1. The molecule has 1 heterocycles. The van der Waals surface area contributed by atoms with Gasteiger partial charge >= 0.3 is 12.0 Å². The summed E-state index contributed by atoms with van der Waals surface area (Å²) in [6.45, 7) is 8.37. The van der Waals surface area contributed by atoms with Crippen LogP contribution in [0.2, 0.25) is 0 Å². The van der Waals surface area contributed by atoms with Gasteiger partial charge in [-0.2, -0.15) is 0 Å². The van der Waals surface area contributed by atoms with Crippen LogP contribution in [0, 0.1) is 5.92 Å². The molecule has 6 nitrogen and oxygen atoms in total. The van der Waals surface area contributed by atoms with Crippen LogP contribution in [0.5, 0.6) is 0 Å². The highest BCUT2D eigenvalue weighted by Crippen LogP contribution is 2.33. The number of nitrogens with one attached hydrogen (secondary N) is 2. The lowest BCUT2D eigenvalue weighted by atomic mass is 10.2. The molecule has 0 spiro atoms. The molecule has 3 N–H and O–H groups in total. The second-order valence-electron chi connectivity index (χ2n) is 5.17. The van der Waals surface area contributed by atoms with E-state index in [0.29, 0.717) is 12.3 Å². The van der Waals surface area contributed by atoms with Gasteiger partial charge in [0, 0.05) is 12.3 Å². The Morgan fingerprint density at radius 1 is 1.40 bits per heavy atom. The van der Waals surface area contributed by atoms with E-state index in [0.717, 1.165) is 19.5 Å². The molecular formula is C13H25N3O3S. The molecule has 0 aliphatic carbocycles. The summed E-state index contributed by atoms with van der Waals surface area (Å²) in [4.78, 5) is 25.0. The number of carboxylic acid groups (broad SMARTS) is 1. The average molecular weight is 303 g/mol. The number of rotatable bonds is 7. The van der Waals surface area contributed by atoms with Crippen molar-refractivity contribution in [1.82, 2.24) is 15.5 Å². The number of amides is 2. The Bertz CT molecular complexity index is 339. The highest BCUT2D eigenvalue weighted by molar-refractivity contribution is 8.00. The first-order chi connectivity index (χ1) is 9.49. The quantitative estimate of drug-likeness (QED) is 0.615. The van der Waals surface area contributed by atoms with Crippen molar-refractivity contribution in [1.29, 1.82) is 0 Å². The predicted octanol–water partition coefficient (Wildman–Crippen LogP) is 1.18. The minimum atomic E-state index is -0.927. The number of carboxylic acids is 1. The zero-order valence-corrected chi connectivity index (χ0v) is 13.2. The van der Waals surface area contributed by atoms with Crippen LogP contribution in [0.3, 0.4) is 0 Å². The number of carbonyl (C=O) groups is 2. The van der Waals surface area contributed by atoms with Crippen LogP contribution in [0.15, 0.2) is 0 Å². The van der Waals surface area contributed by atoms with Crippen molar-refractivity contribution in [2.75, 3.05) is 25.4 Å². The van der Waals surface area contributed by atoms with Gasteiger partial charge < -0.3 is 15.7 Å². The molecular weight excluding hydrogens is 278 g/mol. The van der Waals surface area contributed by atoms with Crippen LogP contribution in [0.4, 0.5) is 4.79 Å². The number of urea groups is 1. The molecule has 1 aliphatic rings. The first-order valence-electron chi connectivity index (χ1n) is 7.10. The van der Waals surface area contributed by atoms with Gasteiger partial charge in [0.15, 0.2) is 0 Å². The second kappa shape index (κ2) is 8.36. The van der Waals surface area contributed by atoms with Crippen molar-refractivity contribution in [2.24, 2.45) is 5.92 Å². The Labute approximate surface area is 124 Å². The van der Waals surface area contributed by atoms with Gasteiger partial charge in [0.2, 0.25) is 0 Å². The molecule has 0 saturated carbocycles. The van der Waals surface area contributed by atoms with Gasteiger partial charge in [-0.05, 0) is 25.4 Å². The van der Waals surface area contributed by atoms with Crippen LogP contribution in [-0.2, 0) is 4.79 Å². The Hall–Kier alpha value is -0.950. The molecule has 2 atom stereocenters. The zero-order valence-electron chi connectivity index (χ0n) is 12.4. The lowest BCUT2D eigenvalue weighted by Gasteiger charge is -2.29. The zero-order chi connectivity index (χ0) is 15.1. The lowest BCUT2D eigenvalue weighted by Crippen LogP contribution is -2.51. The predicted molar refractivity (Wildman–Crippen MR) is 80.9 cm³/mol. The summed E-state index contributed by atoms with van der Waals surface area (Å²) >= 11 is 1.54. The fourth-order valence-electron chi connectivity index (χ4n) is 2.17. The van der Waals surface area contributed by atoms with E-state index in [-0.39, 0.29) is 17.3 Å². The molecule has 2 unspecified atom stereocenters. The van der Waals surface area contributed by atoms with E-state index in [9.17, 15) is 14.7 Å². The Balaban J connectivity index is 2.53. The van der Waals surface area contributed by atoms with Crippen molar-refractivity contribution in [2.45, 2.75) is 38.6 Å². The maximum Gasteiger partial charge on any atom is 0.327 e. The highest BCUT2D eigenvalue weighted by Gasteiger charge is 2.42. The van der Waals surface area contributed by atoms with Gasteiger partial charge in [-0.25, -0.2) is 9.59 Å². The number of aliphatic carboxylic acids is 1. The lowest BCUT2D eigenvalue weighted by molar-refractivity contribution is -0.141. The van der Waals surface area contributed by atoms with Gasteiger partial charge in [0.05, 0.1) is 5.37 Å². The van der Waals surface area contributed by atoms with Gasteiger partial charge in [0.1, 0.15) is 6.04 Å². The summed E-state index contributed by atoms with van der Waals surface area (Å²) in [6.07, 6.45) is 0.838. The maximum absolute atomic E-state index is 12.2. The van der Waals surface area contributed by atoms with Crippen LogP contribution in [0.1, 0.15) is 27.2 Å². The summed E-state index contributed by atoms with van der Waals surface area (Å²) in [6, 6.07) is -0.987. The molecule has 7 heteroatoms. The summed E-state index contributed by atoms with van der Waals surface area (Å²) in [7, 11) is 0. The minimum Gasteiger partial charge on any atom is -0.480 e. The molecule has 0 bridgehead atoms. The molecule has 2 amide bonds. The van der Waals surface area contributed by atoms with Crippen molar-refractivity contribution >= 4 is 23.8 Å². The summed E-state index contributed by atoms with van der Waals surface area (Å²) in [5.74, 6) is -0.233. The van der Waals surface area contributed by atoms with E-state index >= 15 is 0 Å². The number of nitrogens with zero attached hydrogens (tertiary/aromatic N) is 1. The number of thioether (sulfide) groups is 1. The van der Waals surface area contributed by atoms with Gasteiger partial charge in [-0.15, -0.1) is 11.8 Å². The minimum absolute atomic E-state index is 0.0649. The SMILES string of the molecule is CCNCCCNC(=O)N1C(C(=O)O)CSC1C(C)C. The van der Waals surface area contributed by atoms with Crippen molar-refractivity contribution in [3.63, 3.8) is 0 Å².